The zero-order valence-corrected chi connectivity index (χ0v) is 15.1. The van der Waals surface area contributed by atoms with Crippen molar-refractivity contribution in [2.45, 2.75) is 6.42 Å². The first-order valence-corrected chi connectivity index (χ1v) is 9.18. The number of hydrogen-bond donors (Lipinski definition) is 0. The van der Waals surface area contributed by atoms with Gasteiger partial charge in [-0.2, -0.15) is 0 Å². The van der Waals surface area contributed by atoms with Crippen LogP contribution in [0.15, 0.2) is 54.9 Å². The van der Waals surface area contributed by atoms with E-state index in [-0.39, 0.29) is 5.78 Å². The van der Waals surface area contributed by atoms with E-state index >= 15 is 0 Å². The molecule has 3 aromatic rings. The predicted molar refractivity (Wildman–Crippen MR) is 105 cm³/mol. The zero-order chi connectivity index (χ0) is 17.9. The minimum absolute atomic E-state index is 0.231. The van der Waals surface area contributed by atoms with Gasteiger partial charge >= 0.3 is 0 Å². The molecule has 134 valence electrons. The molecule has 1 saturated heterocycles. The SMILES string of the molecule is Cn1cc(C(=O)CCN2CCN(c3ccccn3)CC2)c2ccccc21. The molecule has 0 saturated carbocycles. The first-order chi connectivity index (χ1) is 12.7. The molecule has 0 amide bonds. The summed E-state index contributed by atoms with van der Waals surface area (Å²) in [4.78, 5) is 21.8. The number of para-hydroxylation sites is 1. The molecule has 1 aliphatic heterocycles. The smallest absolute Gasteiger partial charge is 0.166 e. The lowest BCUT2D eigenvalue weighted by Gasteiger charge is -2.35. The maximum atomic E-state index is 12.7. The number of carbonyl (C=O) groups excluding carboxylic acids is 1. The number of carbonyl (C=O) groups is 1. The van der Waals surface area contributed by atoms with Crippen molar-refractivity contribution in [2.75, 3.05) is 37.6 Å². The van der Waals surface area contributed by atoms with Crippen LogP contribution in [0.25, 0.3) is 10.9 Å². The van der Waals surface area contributed by atoms with Gasteiger partial charge in [0.1, 0.15) is 5.82 Å². The summed E-state index contributed by atoms with van der Waals surface area (Å²) in [5, 5.41) is 1.06. The van der Waals surface area contributed by atoms with Crippen LogP contribution in [0.4, 0.5) is 5.82 Å². The Kier molecular flexibility index (Phi) is 4.71. The van der Waals surface area contributed by atoms with Crippen molar-refractivity contribution in [3.8, 4) is 0 Å². The normalized spacial score (nSPS) is 15.5. The molecule has 0 radical (unpaired) electrons. The molecule has 0 unspecified atom stereocenters. The molecular weight excluding hydrogens is 324 g/mol. The van der Waals surface area contributed by atoms with Crippen molar-refractivity contribution in [2.24, 2.45) is 7.05 Å². The summed E-state index contributed by atoms with van der Waals surface area (Å²) in [6.45, 7) is 4.68. The topological polar surface area (TPSA) is 41.4 Å². The van der Waals surface area contributed by atoms with Gasteiger partial charge in [-0.25, -0.2) is 4.98 Å². The number of pyridine rings is 1. The van der Waals surface area contributed by atoms with E-state index in [0.717, 1.165) is 55.0 Å². The van der Waals surface area contributed by atoms with Gasteiger partial charge in [-0.15, -0.1) is 0 Å². The van der Waals surface area contributed by atoms with Crippen LogP contribution < -0.4 is 4.90 Å². The van der Waals surface area contributed by atoms with Crippen LogP contribution in [0.1, 0.15) is 16.8 Å². The number of ketones is 1. The van der Waals surface area contributed by atoms with E-state index in [2.05, 4.69) is 26.9 Å². The van der Waals surface area contributed by atoms with Gasteiger partial charge in [0, 0.05) is 75.1 Å². The molecule has 0 atom stereocenters. The van der Waals surface area contributed by atoms with Gasteiger partial charge in [0.25, 0.3) is 0 Å². The van der Waals surface area contributed by atoms with Crippen LogP contribution in [0, 0.1) is 0 Å². The van der Waals surface area contributed by atoms with Crippen molar-refractivity contribution >= 4 is 22.5 Å². The Morgan fingerprint density at radius 1 is 1.04 bits per heavy atom. The minimum atomic E-state index is 0.231. The van der Waals surface area contributed by atoms with Gasteiger partial charge < -0.3 is 9.47 Å². The number of piperazine rings is 1. The summed E-state index contributed by atoms with van der Waals surface area (Å²) in [7, 11) is 2.00. The molecule has 3 heterocycles. The van der Waals surface area contributed by atoms with E-state index in [9.17, 15) is 4.79 Å². The van der Waals surface area contributed by atoms with Gasteiger partial charge in [-0.3, -0.25) is 9.69 Å². The Morgan fingerprint density at radius 3 is 2.58 bits per heavy atom. The van der Waals surface area contributed by atoms with E-state index in [4.69, 9.17) is 0 Å². The summed E-state index contributed by atoms with van der Waals surface area (Å²) in [6.07, 6.45) is 4.37. The summed E-state index contributed by atoms with van der Waals surface area (Å²) < 4.78 is 2.04. The molecule has 5 heteroatoms. The Balaban J connectivity index is 1.34. The first-order valence-electron chi connectivity index (χ1n) is 9.18. The lowest BCUT2D eigenvalue weighted by molar-refractivity contribution is 0.0964. The van der Waals surface area contributed by atoms with Gasteiger partial charge in [0.05, 0.1) is 0 Å². The summed E-state index contributed by atoms with van der Waals surface area (Å²) in [5.41, 5.74) is 1.95. The first kappa shape index (κ1) is 16.8. The number of benzene rings is 1. The maximum Gasteiger partial charge on any atom is 0.166 e. The van der Waals surface area contributed by atoms with Crippen molar-refractivity contribution in [1.82, 2.24) is 14.5 Å². The number of aryl methyl sites for hydroxylation is 1. The van der Waals surface area contributed by atoms with Crippen LogP contribution in [0.3, 0.4) is 0 Å². The number of rotatable bonds is 5. The van der Waals surface area contributed by atoms with Gasteiger partial charge in [0.2, 0.25) is 0 Å². The zero-order valence-electron chi connectivity index (χ0n) is 15.1. The van der Waals surface area contributed by atoms with Crippen LogP contribution in [0.2, 0.25) is 0 Å². The Morgan fingerprint density at radius 2 is 1.81 bits per heavy atom. The van der Waals surface area contributed by atoms with Crippen molar-refractivity contribution in [1.29, 1.82) is 0 Å². The highest BCUT2D eigenvalue weighted by molar-refractivity contribution is 6.08. The molecule has 0 bridgehead atoms. The van der Waals surface area contributed by atoms with E-state index < -0.39 is 0 Å². The standard InChI is InChI=1S/C21H24N4O/c1-23-16-18(17-6-2-3-7-19(17)23)20(26)9-11-24-12-14-25(15-13-24)21-8-4-5-10-22-21/h2-8,10,16H,9,11-15H2,1H3. The third-order valence-corrected chi connectivity index (χ3v) is 5.20. The third kappa shape index (κ3) is 3.35. The highest BCUT2D eigenvalue weighted by Crippen LogP contribution is 2.22. The highest BCUT2D eigenvalue weighted by Gasteiger charge is 2.19. The highest BCUT2D eigenvalue weighted by atomic mass is 16.1. The summed E-state index contributed by atoms with van der Waals surface area (Å²) >= 11 is 0. The third-order valence-electron chi connectivity index (χ3n) is 5.20. The molecule has 2 aromatic heterocycles. The number of fused-ring (bicyclic) bond motifs is 1. The summed E-state index contributed by atoms with van der Waals surface area (Å²) in [5.74, 6) is 1.27. The molecule has 1 fully saturated rings. The molecule has 5 nitrogen and oxygen atoms in total. The van der Waals surface area contributed by atoms with Crippen LogP contribution >= 0.6 is 0 Å². The maximum absolute atomic E-state index is 12.7. The van der Waals surface area contributed by atoms with E-state index in [0.29, 0.717) is 6.42 Å². The van der Waals surface area contributed by atoms with Crippen molar-refractivity contribution in [3.63, 3.8) is 0 Å². The fraction of sp³-hybridized carbons (Fsp3) is 0.333. The Hall–Kier alpha value is -2.66. The second-order valence-corrected chi connectivity index (χ2v) is 6.86. The second kappa shape index (κ2) is 7.30. The lowest BCUT2D eigenvalue weighted by atomic mass is 10.1. The molecule has 0 spiro atoms. The number of nitrogens with zero attached hydrogens (tertiary/aromatic N) is 4. The fourth-order valence-corrected chi connectivity index (χ4v) is 3.70. The Bertz CT molecular complexity index is 895. The van der Waals surface area contributed by atoms with Crippen LogP contribution in [0.5, 0.6) is 0 Å². The fourth-order valence-electron chi connectivity index (χ4n) is 3.70. The molecule has 0 N–H and O–H groups in total. The largest absolute Gasteiger partial charge is 0.354 e. The van der Waals surface area contributed by atoms with Gasteiger partial charge in [-0.1, -0.05) is 24.3 Å². The average molecular weight is 348 g/mol. The van der Waals surface area contributed by atoms with Crippen molar-refractivity contribution < 1.29 is 4.79 Å². The number of anilines is 1. The molecule has 26 heavy (non-hydrogen) atoms. The average Bonchev–Trinajstić information content (AvgIpc) is 3.04. The van der Waals surface area contributed by atoms with E-state index in [1.165, 1.54) is 0 Å². The number of Topliss-reactive ketones (excluding diaryl/α,β-unsaturated/α-hetero) is 1. The second-order valence-electron chi connectivity index (χ2n) is 6.86. The monoisotopic (exact) mass is 348 g/mol. The molecule has 1 aromatic carbocycles. The molecular formula is C21H24N4O. The van der Waals surface area contributed by atoms with E-state index in [1.807, 2.05) is 54.3 Å². The Labute approximate surface area is 153 Å². The summed E-state index contributed by atoms with van der Waals surface area (Å²) in [6, 6.07) is 14.1. The minimum Gasteiger partial charge on any atom is -0.354 e. The lowest BCUT2D eigenvalue weighted by Crippen LogP contribution is -2.47. The quantitative estimate of drug-likeness (QED) is 0.665. The van der Waals surface area contributed by atoms with Gasteiger partial charge in [-0.05, 0) is 18.2 Å². The predicted octanol–water partition coefficient (Wildman–Crippen LogP) is 2.97. The van der Waals surface area contributed by atoms with Crippen LogP contribution in [-0.4, -0.2) is 53.0 Å². The molecule has 0 aliphatic carbocycles. The van der Waals surface area contributed by atoms with E-state index in [1.54, 1.807) is 0 Å². The molecule has 4 rings (SSSR count). The van der Waals surface area contributed by atoms with Crippen molar-refractivity contribution in [3.05, 3.63) is 60.4 Å². The number of hydrogen-bond acceptors (Lipinski definition) is 4. The van der Waals surface area contributed by atoms with Crippen LogP contribution in [-0.2, 0) is 7.05 Å². The molecule has 1 aliphatic rings. The van der Waals surface area contributed by atoms with Gasteiger partial charge in [0.15, 0.2) is 5.78 Å². The number of aromatic nitrogens is 2.